The lowest BCUT2D eigenvalue weighted by atomic mass is 10.1. The van der Waals surface area contributed by atoms with Crippen LogP contribution in [0.25, 0.3) is 16.9 Å². The molecule has 6 heteroatoms. The number of rotatable bonds is 9. The first kappa shape index (κ1) is 24.5. The van der Waals surface area contributed by atoms with Crippen LogP contribution in [0, 0.1) is 19.8 Å². The third-order valence-electron chi connectivity index (χ3n) is 6.86. The summed E-state index contributed by atoms with van der Waals surface area (Å²) >= 11 is 0. The molecular weight excluding hydrogens is 460 g/mol. The van der Waals surface area contributed by atoms with E-state index in [1.54, 1.807) is 4.90 Å². The van der Waals surface area contributed by atoms with Gasteiger partial charge in [0.15, 0.2) is 0 Å². The second-order valence-corrected chi connectivity index (χ2v) is 9.88. The molecule has 1 aliphatic carbocycles. The Labute approximate surface area is 218 Å². The predicted molar refractivity (Wildman–Crippen MR) is 147 cm³/mol. The van der Waals surface area contributed by atoms with Gasteiger partial charge in [-0.1, -0.05) is 66.7 Å². The highest BCUT2D eigenvalue weighted by molar-refractivity contribution is 5.94. The first-order valence-electron chi connectivity index (χ1n) is 12.8. The normalized spacial score (nSPS) is 12.8. The molecule has 1 aromatic heterocycles. The van der Waals surface area contributed by atoms with E-state index in [0.717, 1.165) is 40.9 Å². The Morgan fingerprint density at radius 2 is 1.65 bits per heavy atom. The highest BCUT2D eigenvalue weighted by atomic mass is 16.2. The van der Waals surface area contributed by atoms with Crippen molar-refractivity contribution in [2.24, 2.45) is 5.92 Å². The van der Waals surface area contributed by atoms with E-state index in [2.05, 4.69) is 31.3 Å². The number of aryl methyl sites for hydroxylation is 2. The van der Waals surface area contributed by atoms with Crippen LogP contribution < -0.4 is 5.32 Å². The molecule has 1 heterocycles. The molecule has 1 N–H and O–H groups in total. The second kappa shape index (κ2) is 10.8. The number of anilines is 1. The topological polar surface area (TPSA) is 67.2 Å². The highest BCUT2D eigenvalue weighted by Crippen LogP contribution is 2.30. The molecule has 0 radical (unpaired) electrons. The summed E-state index contributed by atoms with van der Waals surface area (Å²) in [4.78, 5) is 32.9. The van der Waals surface area contributed by atoms with Crippen LogP contribution in [0.1, 0.15) is 29.5 Å². The zero-order valence-electron chi connectivity index (χ0n) is 21.4. The van der Waals surface area contributed by atoms with Gasteiger partial charge in [-0.25, -0.2) is 4.98 Å². The third-order valence-corrected chi connectivity index (χ3v) is 6.86. The minimum Gasteiger partial charge on any atom is -0.333 e. The van der Waals surface area contributed by atoms with E-state index in [-0.39, 0.29) is 24.8 Å². The lowest BCUT2D eigenvalue weighted by Crippen LogP contribution is -2.40. The fraction of sp³-hybridized carbons (Fsp3) is 0.258. The van der Waals surface area contributed by atoms with Gasteiger partial charge in [-0.3, -0.25) is 19.5 Å². The van der Waals surface area contributed by atoms with Gasteiger partial charge in [0.1, 0.15) is 0 Å². The van der Waals surface area contributed by atoms with Gasteiger partial charge in [-0.15, -0.1) is 0 Å². The van der Waals surface area contributed by atoms with Crippen molar-refractivity contribution >= 4 is 17.8 Å². The predicted octanol–water partition coefficient (Wildman–Crippen LogP) is 5.58. The van der Waals surface area contributed by atoms with Crippen LogP contribution >= 0.6 is 0 Å². The van der Waals surface area contributed by atoms with Gasteiger partial charge in [0.05, 0.1) is 18.7 Å². The van der Waals surface area contributed by atoms with Gasteiger partial charge in [0.2, 0.25) is 17.8 Å². The Morgan fingerprint density at radius 1 is 0.946 bits per heavy atom. The van der Waals surface area contributed by atoms with Gasteiger partial charge in [-0.2, -0.15) is 0 Å². The van der Waals surface area contributed by atoms with Crippen molar-refractivity contribution in [2.45, 2.75) is 33.1 Å². The molecule has 6 nitrogen and oxygen atoms in total. The van der Waals surface area contributed by atoms with Crippen molar-refractivity contribution in [1.82, 2.24) is 14.5 Å². The van der Waals surface area contributed by atoms with Crippen molar-refractivity contribution in [3.63, 3.8) is 0 Å². The molecule has 188 valence electrons. The number of amides is 2. The molecule has 0 saturated heterocycles. The van der Waals surface area contributed by atoms with Gasteiger partial charge < -0.3 is 4.90 Å². The Balaban J connectivity index is 1.38. The van der Waals surface area contributed by atoms with Crippen LogP contribution in [-0.4, -0.2) is 39.4 Å². The van der Waals surface area contributed by atoms with E-state index >= 15 is 0 Å². The number of hydrogen-bond donors (Lipinski definition) is 1. The van der Waals surface area contributed by atoms with E-state index < -0.39 is 0 Å². The van der Waals surface area contributed by atoms with Crippen LogP contribution in [0.4, 0.5) is 5.95 Å². The van der Waals surface area contributed by atoms with E-state index in [1.807, 2.05) is 77.5 Å². The largest absolute Gasteiger partial charge is 0.333 e. The fourth-order valence-electron chi connectivity index (χ4n) is 4.38. The van der Waals surface area contributed by atoms with E-state index in [1.165, 1.54) is 5.56 Å². The van der Waals surface area contributed by atoms with Crippen molar-refractivity contribution < 1.29 is 9.59 Å². The first-order chi connectivity index (χ1) is 18.0. The molecule has 2 amide bonds. The number of nitrogens with zero attached hydrogens (tertiary/aromatic N) is 3. The molecule has 0 spiro atoms. The average Bonchev–Trinajstić information content (AvgIpc) is 3.63. The van der Waals surface area contributed by atoms with Crippen LogP contribution in [0.3, 0.4) is 0 Å². The van der Waals surface area contributed by atoms with Crippen molar-refractivity contribution in [1.29, 1.82) is 0 Å². The Morgan fingerprint density at radius 3 is 2.32 bits per heavy atom. The summed E-state index contributed by atoms with van der Waals surface area (Å²) in [6, 6.07) is 25.8. The Hall–Kier alpha value is -4.19. The molecule has 0 atom stereocenters. The van der Waals surface area contributed by atoms with E-state index in [4.69, 9.17) is 4.98 Å². The van der Waals surface area contributed by atoms with Crippen LogP contribution in [-0.2, 0) is 16.0 Å². The maximum atomic E-state index is 13.3. The highest BCUT2D eigenvalue weighted by Gasteiger charge is 2.28. The Kier molecular flexibility index (Phi) is 7.17. The Bertz CT molecular complexity index is 1390. The summed E-state index contributed by atoms with van der Waals surface area (Å²) in [5.41, 5.74) is 5.96. The number of nitrogens with one attached hydrogen (secondary N) is 1. The average molecular weight is 493 g/mol. The molecular formula is C31H32N4O2. The zero-order chi connectivity index (χ0) is 25.8. The second-order valence-electron chi connectivity index (χ2n) is 9.88. The molecule has 3 aromatic carbocycles. The number of carbonyl (C=O) groups is 2. The fourth-order valence-corrected chi connectivity index (χ4v) is 4.38. The molecule has 37 heavy (non-hydrogen) atoms. The van der Waals surface area contributed by atoms with Crippen LogP contribution in [0.2, 0.25) is 0 Å². The quantitative estimate of drug-likeness (QED) is 0.332. The minimum atomic E-state index is -0.252. The van der Waals surface area contributed by atoms with E-state index in [9.17, 15) is 9.59 Å². The number of hydrogen-bond acceptors (Lipinski definition) is 3. The molecule has 1 saturated carbocycles. The van der Waals surface area contributed by atoms with Gasteiger partial charge >= 0.3 is 0 Å². The van der Waals surface area contributed by atoms with Crippen LogP contribution in [0.5, 0.6) is 0 Å². The van der Waals surface area contributed by atoms with Gasteiger partial charge in [0, 0.05) is 24.0 Å². The van der Waals surface area contributed by atoms with Gasteiger partial charge in [-0.05, 0) is 61.4 Å². The van der Waals surface area contributed by atoms with Crippen molar-refractivity contribution in [3.8, 4) is 16.9 Å². The summed E-state index contributed by atoms with van der Waals surface area (Å²) in [5, 5.41) is 3.00. The summed E-state index contributed by atoms with van der Waals surface area (Å²) < 4.78 is 1.91. The summed E-state index contributed by atoms with van der Waals surface area (Å²) in [5.74, 6) is 0.636. The molecule has 0 unspecified atom stereocenters. The molecule has 0 bridgehead atoms. The lowest BCUT2D eigenvalue weighted by molar-refractivity contribution is -0.134. The molecule has 0 aliphatic heterocycles. The number of aromatic nitrogens is 2. The number of carbonyl (C=O) groups excluding carboxylic acids is 2. The molecule has 5 rings (SSSR count). The summed E-state index contributed by atoms with van der Waals surface area (Å²) in [6.45, 7) is 4.76. The number of imidazole rings is 1. The summed E-state index contributed by atoms with van der Waals surface area (Å²) in [6.07, 6.45) is 4.44. The van der Waals surface area contributed by atoms with Crippen molar-refractivity contribution in [3.05, 3.63) is 102 Å². The summed E-state index contributed by atoms with van der Waals surface area (Å²) in [7, 11) is 0. The third kappa shape index (κ3) is 6.15. The lowest BCUT2D eigenvalue weighted by Gasteiger charge is -2.22. The van der Waals surface area contributed by atoms with Crippen molar-refractivity contribution in [2.75, 3.05) is 18.4 Å². The monoisotopic (exact) mass is 492 g/mol. The van der Waals surface area contributed by atoms with E-state index in [0.29, 0.717) is 18.4 Å². The van der Waals surface area contributed by atoms with Gasteiger partial charge in [0.25, 0.3) is 0 Å². The minimum absolute atomic E-state index is 0.00260. The molecule has 1 aliphatic rings. The zero-order valence-corrected chi connectivity index (χ0v) is 21.4. The maximum absolute atomic E-state index is 13.3. The van der Waals surface area contributed by atoms with Crippen LogP contribution in [0.15, 0.2) is 85.1 Å². The molecule has 1 fully saturated rings. The first-order valence-corrected chi connectivity index (χ1v) is 12.8. The number of benzene rings is 3. The smallest absolute Gasteiger partial charge is 0.246 e. The molecule has 4 aromatic rings. The standard InChI is InChI=1S/C31H32N4O2/c1-22-13-16-27(17-23(22)2)35-20-28(26-11-7-4-8-12-26)32-31(35)33-29(36)21-34(19-25-14-15-25)30(37)18-24-9-5-3-6-10-24/h3-13,16-17,20,25H,14-15,18-19,21H2,1-2H3,(H,32,33,36). The SMILES string of the molecule is Cc1ccc(-n2cc(-c3ccccc3)nc2NC(=O)CN(CC2CC2)C(=O)Cc2ccccc2)cc1C. The maximum Gasteiger partial charge on any atom is 0.246 e.